The summed E-state index contributed by atoms with van der Waals surface area (Å²) >= 11 is 1.53. The van der Waals surface area contributed by atoms with Gasteiger partial charge in [0.1, 0.15) is 11.8 Å². The molecule has 2 N–H and O–H groups in total. The molecule has 1 aliphatic carbocycles. The highest BCUT2D eigenvalue weighted by Gasteiger charge is 2.34. The highest BCUT2D eigenvalue weighted by Crippen LogP contribution is 2.31. The van der Waals surface area contributed by atoms with Crippen LogP contribution in [0.1, 0.15) is 54.1 Å². The zero-order chi connectivity index (χ0) is 23.2. The standard InChI is InChI=1S/C27H30N2O3S/c1-19-7-5-10-22(17-19)29(25(31)18-24-11-6-16-33-24)26(20-12-14-23(30)15-13-20)27(32)28-21-8-3-2-4-9-21/h5-7,10-17,21,26,30H,2-4,8-9,18H2,1H3,(H,28,32). The van der Waals surface area contributed by atoms with Gasteiger partial charge in [-0.15, -0.1) is 11.3 Å². The summed E-state index contributed by atoms with van der Waals surface area (Å²) in [7, 11) is 0. The number of aryl methyl sites for hydroxylation is 1. The Labute approximate surface area is 199 Å². The van der Waals surface area contributed by atoms with E-state index in [-0.39, 0.29) is 30.0 Å². The molecule has 0 spiro atoms. The van der Waals surface area contributed by atoms with Crippen molar-refractivity contribution in [2.24, 2.45) is 0 Å². The van der Waals surface area contributed by atoms with Crippen molar-refractivity contribution < 1.29 is 14.7 Å². The number of phenols is 1. The second-order valence-corrected chi connectivity index (χ2v) is 9.73. The lowest BCUT2D eigenvalue weighted by Gasteiger charge is -2.33. The number of hydrogen-bond donors (Lipinski definition) is 2. The van der Waals surface area contributed by atoms with Crippen LogP contribution in [-0.2, 0) is 16.0 Å². The molecular formula is C27H30N2O3S. The van der Waals surface area contributed by atoms with Gasteiger partial charge in [-0.25, -0.2) is 0 Å². The zero-order valence-electron chi connectivity index (χ0n) is 18.9. The number of nitrogens with zero attached hydrogens (tertiary/aromatic N) is 1. The summed E-state index contributed by atoms with van der Waals surface area (Å²) in [5, 5.41) is 15.0. The van der Waals surface area contributed by atoms with Crippen molar-refractivity contribution >= 4 is 28.8 Å². The molecule has 1 aliphatic rings. The maximum absolute atomic E-state index is 13.7. The maximum Gasteiger partial charge on any atom is 0.248 e. The first-order valence-corrected chi connectivity index (χ1v) is 12.4. The van der Waals surface area contributed by atoms with E-state index in [4.69, 9.17) is 0 Å². The quantitative estimate of drug-likeness (QED) is 0.485. The molecule has 2 aromatic carbocycles. The van der Waals surface area contributed by atoms with E-state index in [2.05, 4.69) is 5.32 Å². The summed E-state index contributed by atoms with van der Waals surface area (Å²) in [5.41, 5.74) is 2.37. The number of rotatable bonds is 7. The van der Waals surface area contributed by atoms with E-state index >= 15 is 0 Å². The van der Waals surface area contributed by atoms with Crippen LogP contribution in [-0.4, -0.2) is 23.0 Å². The highest BCUT2D eigenvalue weighted by atomic mass is 32.1. The molecule has 1 aromatic heterocycles. The summed E-state index contributed by atoms with van der Waals surface area (Å²) < 4.78 is 0. The molecule has 0 saturated heterocycles. The smallest absolute Gasteiger partial charge is 0.248 e. The summed E-state index contributed by atoms with van der Waals surface area (Å²) in [4.78, 5) is 30.0. The van der Waals surface area contributed by atoms with Crippen molar-refractivity contribution in [3.8, 4) is 5.75 Å². The van der Waals surface area contributed by atoms with Crippen LogP contribution < -0.4 is 10.2 Å². The minimum absolute atomic E-state index is 0.122. The number of thiophene rings is 1. The molecule has 1 saturated carbocycles. The van der Waals surface area contributed by atoms with Crippen molar-refractivity contribution in [1.82, 2.24) is 5.32 Å². The molecule has 1 fully saturated rings. The maximum atomic E-state index is 13.7. The fourth-order valence-electron chi connectivity index (χ4n) is 4.46. The van der Waals surface area contributed by atoms with Gasteiger partial charge >= 0.3 is 0 Å². The lowest BCUT2D eigenvalue weighted by molar-refractivity contribution is -0.127. The number of hydrogen-bond acceptors (Lipinski definition) is 4. The third-order valence-corrected chi connectivity index (χ3v) is 7.00. The molecule has 1 atom stereocenters. The highest BCUT2D eigenvalue weighted by molar-refractivity contribution is 7.10. The van der Waals surface area contributed by atoms with Gasteiger partial charge in [0, 0.05) is 16.6 Å². The van der Waals surface area contributed by atoms with Gasteiger partial charge in [0.05, 0.1) is 6.42 Å². The van der Waals surface area contributed by atoms with Crippen molar-refractivity contribution in [3.05, 3.63) is 82.0 Å². The van der Waals surface area contributed by atoms with E-state index in [0.29, 0.717) is 11.3 Å². The van der Waals surface area contributed by atoms with Crippen LogP contribution in [0.4, 0.5) is 5.69 Å². The van der Waals surface area contributed by atoms with Crippen LogP contribution >= 0.6 is 11.3 Å². The summed E-state index contributed by atoms with van der Waals surface area (Å²) in [6.07, 6.45) is 5.55. The number of carbonyl (C=O) groups is 2. The molecule has 33 heavy (non-hydrogen) atoms. The first-order chi connectivity index (χ1) is 16.0. The topological polar surface area (TPSA) is 69.6 Å². The first kappa shape index (κ1) is 23.1. The van der Waals surface area contributed by atoms with E-state index in [9.17, 15) is 14.7 Å². The average molecular weight is 463 g/mol. The molecule has 0 bridgehead atoms. The Morgan fingerprint density at radius 1 is 1.06 bits per heavy atom. The number of aromatic hydroxyl groups is 1. The third kappa shape index (κ3) is 5.82. The predicted octanol–water partition coefficient (Wildman–Crippen LogP) is 5.53. The number of benzene rings is 2. The Bertz CT molecular complexity index is 1070. The number of nitrogens with one attached hydrogen (secondary N) is 1. The normalized spacial score (nSPS) is 15.1. The fourth-order valence-corrected chi connectivity index (χ4v) is 5.16. The molecule has 1 unspecified atom stereocenters. The van der Waals surface area contributed by atoms with Gasteiger partial charge in [-0.2, -0.15) is 0 Å². The van der Waals surface area contributed by atoms with Crippen LogP contribution in [0.3, 0.4) is 0 Å². The Morgan fingerprint density at radius 3 is 2.48 bits per heavy atom. The largest absolute Gasteiger partial charge is 0.508 e. The lowest BCUT2D eigenvalue weighted by Crippen LogP contribution is -2.47. The monoisotopic (exact) mass is 462 g/mol. The summed E-state index contributed by atoms with van der Waals surface area (Å²) in [5.74, 6) is -0.203. The second-order valence-electron chi connectivity index (χ2n) is 8.70. The number of carbonyl (C=O) groups excluding carboxylic acids is 2. The number of amides is 2. The van der Waals surface area contributed by atoms with Crippen LogP contribution in [0.25, 0.3) is 0 Å². The Kier molecular flexibility index (Phi) is 7.45. The SMILES string of the molecule is Cc1cccc(N(C(=O)Cc2cccs2)C(C(=O)NC2CCCCC2)c2ccc(O)cc2)c1. The van der Waals surface area contributed by atoms with Crippen LogP contribution in [0.2, 0.25) is 0 Å². The van der Waals surface area contributed by atoms with Crippen LogP contribution in [0, 0.1) is 6.92 Å². The Hall–Kier alpha value is -3.12. The molecule has 0 radical (unpaired) electrons. The van der Waals surface area contributed by atoms with E-state index in [0.717, 1.165) is 36.1 Å². The van der Waals surface area contributed by atoms with Gasteiger partial charge < -0.3 is 10.4 Å². The van der Waals surface area contributed by atoms with Gasteiger partial charge in [0.2, 0.25) is 11.8 Å². The van der Waals surface area contributed by atoms with Gasteiger partial charge in [-0.1, -0.05) is 49.6 Å². The average Bonchev–Trinajstić information content (AvgIpc) is 3.31. The number of anilines is 1. The van der Waals surface area contributed by atoms with Gasteiger partial charge in [-0.3, -0.25) is 14.5 Å². The second kappa shape index (κ2) is 10.7. The van der Waals surface area contributed by atoms with Crippen LogP contribution in [0.15, 0.2) is 66.0 Å². The number of phenolic OH excluding ortho intramolecular Hbond substituents is 1. The molecule has 6 heteroatoms. The zero-order valence-corrected chi connectivity index (χ0v) is 19.7. The van der Waals surface area contributed by atoms with Crippen molar-refractivity contribution in [2.75, 3.05) is 4.90 Å². The molecule has 1 heterocycles. The van der Waals surface area contributed by atoms with E-state index < -0.39 is 6.04 Å². The van der Waals surface area contributed by atoms with Crippen molar-refractivity contribution in [2.45, 2.75) is 57.5 Å². The summed E-state index contributed by atoms with van der Waals surface area (Å²) in [6.45, 7) is 1.98. The van der Waals surface area contributed by atoms with E-state index in [1.54, 1.807) is 29.2 Å². The van der Waals surface area contributed by atoms with Crippen molar-refractivity contribution in [1.29, 1.82) is 0 Å². The Morgan fingerprint density at radius 2 is 1.82 bits per heavy atom. The minimum Gasteiger partial charge on any atom is -0.508 e. The molecule has 3 aromatic rings. The fraction of sp³-hybridized carbons (Fsp3) is 0.333. The molecule has 5 nitrogen and oxygen atoms in total. The summed E-state index contributed by atoms with van der Waals surface area (Å²) in [6, 6.07) is 17.4. The molecular weight excluding hydrogens is 432 g/mol. The lowest BCUT2D eigenvalue weighted by atomic mass is 9.94. The van der Waals surface area contributed by atoms with Gasteiger partial charge in [-0.05, 0) is 66.6 Å². The molecule has 172 valence electrons. The minimum atomic E-state index is -0.832. The first-order valence-electron chi connectivity index (χ1n) is 11.5. The Balaban J connectivity index is 1.74. The van der Waals surface area contributed by atoms with Crippen molar-refractivity contribution in [3.63, 3.8) is 0 Å². The van der Waals surface area contributed by atoms with Gasteiger partial charge in [0.15, 0.2) is 0 Å². The molecule has 0 aliphatic heterocycles. The van der Waals surface area contributed by atoms with Crippen LogP contribution in [0.5, 0.6) is 5.75 Å². The van der Waals surface area contributed by atoms with Gasteiger partial charge in [0.25, 0.3) is 0 Å². The molecule has 2 amide bonds. The predicted molar refractivity (Wildman–Crippen MR) is 133 cm³/mol. The molecule has 4 rings (SSSR count). The van der Waals surface area contributed by atoms with E-state index in [1.165, 1.54) is 17.8 Å². The van der Waals surface area contributed by atoms with E-state index in [1.807, 2.05) is 48.7 Å². The third-order valence-electron chi connectivity index (χ3n) is 6.12.